The van der Waals surface area contributed by atoms with Crippen LogP contribution in [-0.2, 0) is 22.4 Å². The van der Waals surface area contributed by atoms with Gasteiger partial charge in [-0.2, -0.15) is 10.1 Å². The van der Waals surface area contributed by atoms with E-state index in [-0.39, 0.29) is 5.91 Å². The molecule has 194 valence electrons. The van der Waals surface area contributed by atoms with Gasteiger partial charge in [0.25, 0.3) is 5.89 Å². The predicted molar refractivity (Wildman–Crippen MR) is 136 cm³/mol. The minimum atomic E-state index is 0.268. The molecule has 0 aliphatic carbocycles. The molecule has 2 aliphatic heterocycles. The molecule has 0 atom stereocenters. The first-order chi connectivity index (χ1) is 17.5. The molecule has 1 amide bonds. The quantitative estimate of drug-likeness (QED) is 0.481. The van der Waals surface area contributed by atoms with E-state index >= 15 is 0 Å². The fourth-order valence-corrected chi connectivity index (χ4v) is 5.26. The zero-order valence-electron chi connectivity index (χ0n) is 21.5. The molecule has 0 bridgehead atoms. The molecular formula is C26H37N7O3. The Balaban J connectivity index is 1.34. The topological polar surface area (TPSA) is 122 Å². The molecule has 3 aromatic rings. The van der Waals surface area contributed by atoms with Gasteiger partial charge in [-0.1, -0.05) is 25.9 Å². The number of nitrogens with one attached hydrogen (secondary N) is 2. The van der Waals surface area contributed by atoms with Crippen molar-refractivity contribution in [2.45, 2.75) is 71.8 Å². The Labute approximate surface area is 211 Å². The van der Waals surface area contributed by atoms with E-state index in [0.29, 0.717) is 36.0 Å². The molecule has 5 heterocycles. The van der Waals surface area contributed by atoms with Gasteiger partial charge in [0, 0.05) is 45.2 Å². The van der Waals surface area contributed by atoms with Crippen LogP contribution in [0.5, 0.6) is 0 Å². The number of rotatable bonds is 8. The number of piperidine rings is 1. The fourth-order valence-electron chi connectivity index (χ4n) is 5.26. The molecule has 5 rings (SSSR count). The van der Waals surface area contributed by atoms with E-state index in [1.807, 2.05) is 4.90 Å². The number of ether oxygens (including phenoxy) is 1. The molecule has 0 unspecified atom stereocenters. The zero-order chi connectivity index (χ0) is 25.1. The highest BCUT2D eigenvalue weighted by atomic mass is 16.5. The number of hydrogen-bond donors (Lipinski definition) is 2. The number of pyridine rings is 1. The van der Waals surface area contributed by atoms with Crippen LogP contribution >= 0.6 is 0 Å². The molecule has 10 heteroatoms. The van der Waals surface area contributed by atoms with E-state index in [4.69, 9.17) is 19.2 Å². The lowest BCUT2D eigenvalue weighted by molar-refractivity contribution is -0.133. The summed E-state index contributed by atoms with van der Waals surface area (Å²) >= 11 is 0. The standard InChI is InChI=1S/C26H37N7O3/c1-4-20-23(24(19-15-27-31-25(19)29-20)28-18-7-11-35-12-8-18)26-30-21(32-36-26)14-17-5-9-33(10-6-17)22(34)13-16(2)3/h15-18H,4-14H2,1-3H3,(H2,27,28,29,31). The fraction of sp³-hybridized carbons (Fsp3) is 0.654. The van der Waals surface area contributed by atoms with Crippen LogP contribution in [-0.4, -0.2) is 68.5 Å². The van der Waals surface area contributed by atoms with Gasteiger partial charge in [0.1, 0.15) is 0 Å². The van der Waals surface area contributed by atoms with E-state index < -0.39 is 0 Å². The minimum Gasteiger partial charge on any atom is -0.381 e. The summed E-state index contributed by atoms with van der Waals surface area (Å²) in [7, 11) is 0. The Kier molecular flexibility index (Phi) is 7.50. The van der Waals surface area contributed by atoms with E-state index in [9.17, 15) is 4.79 Å². The Morgan fingerprint density at radius 2 is 1.97 bits per heavy atom. The van der Waals surface area contributed by atoms with Gasteiger partial charge >= 0.3 is 0 Å². The third-order valence-electron chi connectivity index (χ3n) is 7.28. The summed E-state index contributed by atoms with van der Waals surface area (Å²) in [4.78, 5) is 24.0. The highest BCUT2D eigenvalue weighted by molar-refractivity contribution is 5.97. The van der Waals surface area contributed by atoms with E-state index in [0.717, 1.165) is 92.8 Å². The number of carbonyl (C=O) groups is 1. The van der Waals surface area contributed by atoms with Crippen LogP contribution in [0.3, 0.4) is 0 Å². The minimum absolute atomic E-state index is 0.268. The summed E-state index contributed by atoms with van der Waals surface area (Å²) < 4.78 is 11.4. The Hall–Kier alpha value is -3.01. The van der Waals surface area contributed by atoms with Crippen molar-refractivity contribution in [2.24, 2.45) is 11.8 Å². The molecule has 2 aliphatic rings. The van der Waals surface area contributed by atoms with Crippen molar-refractivity contribution in [3.05, 3.63) is 17.7 Å². The average Bonchev–Trinajstić information content (AvgIpc) is 3.54. The van der Waals surface area contributed by atoms with Crippen LogP contribution in [0.4, 0.5) is 5.69 Å². The van der Waals surface area contributed by atoms with Crippen molar-refractivity contribution in [1.29, 1.82) is 0 Å². The molecule has 0 radical (unpaired) electrons. The molecule has 0 saturated carbocycles. The van der Waals surface area contributed by atoms with Crippen LogP contribution in [0, 0.1) is 11.8 Å². The van der Waals surface area contributed by atoms with Crippen molar-refractivity contribution in [3.8, 4) is 11.5 Å². The number of hydrogen-bond acceptors (Lipinski definition) is 8. The number of likely N-dealkylation sites (tertiary alicyclic amines) is 1. The number of fused-ring (bicyclic) bond motifs is 1. The lowest BCUT2D eigenvalue weighted by atomic mass is 9.93. The van der Waals surface area contributed by atoms with Crippen LogP contribution in [0.25, 0.3) is 22.5 Å². The largest absolute Gasteiger partial charge is 0.381 e. The lowest BCUT2D eigenvalue weighted by Crippen LogP contribution is -2.39. The van der Waals surface area contributed by atoms with Gasteiger partial charge in [-0.15, -0.1) is 0 Å². The number of aromatic amines is 1. The molecule has 3 aromatic heterocycles. The number of aromatic nitrogens is 5. The first-order valence-electron chi connectivity index (χ1n) is 13.3. The number of carbonyl (C=O) groups excluding carboxylic acids is 1. The SMILES string of the molecule is CCc1nc2[nH]ncc2c(NC2CCOCC2)c1-c1nc(CC2CCN(C(=O)CC(C)C)CC2)no1. The maximum atomic E-state index is 12.4. The second-order valence-corrected chi connectivity index (χ2v) is 10.5. The molecule has 2 N–H and O–H groups in total. The first-order valence-corrected chi connectivity index (χ1v) is 13.3. The van der Waals surface area contributed by atoms with Gasteiger partial charge in [-0.3, -0.25) is 9.89 Å². The molecular weight excluding hydrogens is 458 g/mol. The number of amides is 1. The monoisotopic (exact) mass is 495 g/mol. The Morgan fingerprint density at radius 3 is 2.69 bits per heavy atom. The van der Waals surface area contributed by atoms with Crippen molar-refractivity contribution in [3.63, 3.8) is 0 Å². The third-order valence-corrected chi connectivity index (χ3v) is 7.28. The van der Waals surface area contributed by atoms with Gasteiger partial charge < -0.3 is 19.5 Å². The summed E-state index contributed by atoms with van der Waals surface area (Å²) in [5.74, 6) is 2.31. The number of aryl methyl sites for hydroxylation is 1. The highest BCUT2D eigenvalue weighted by Crippen LogP contribution is 2.37. The molecule has 0 aromatic carbocycles. The smallest absolute Gasteiger partial charge is 0.261 e. The van der Waals surface area contributed by atoms with Crippen LogP contribution in [0.2, 0.25) is 0 Å². The molecule has 10 nitrogen and oxygen atoms in total. The van der Waals surface area contributed by atoms with E-state index in [1.165, 1.54) is 0 Å². The second-order valence-electron chi connectivity index (χ2n) is 10.5. The summed E-state index contributed by atoms with van der Waals surface area (Å²) in [6.07, 6.45) is 7.72. The maximum Gasteiger partial charge on any atom is 0.261 e. The van der Waals surface area contributed by atoms with Crippen molar-refractivity contribution >= 4 is 22.6 Å². The molecule has 36 heavy (non-hydrogen) atoms. The summed E-state index contributed by atoms with van der Waals surface area (Å²) in [5, 5.41) is 16.2. The van der Waals surface area contributed by atoms with Gasteiger partial charge in [0.2, 0.25) is 5.91 Å². The summed E-state index contributed by atoms with van der Waals surface area (Å²) in [6, 6.07) is 0.300. The van der Waals surface area contributed by atoms with E-state index in [2.05, 4.69) is 41.4 Å². The Morgan fingerprint density at radius 1 is 1.19 bits per heavy atom. The number of anilines is 1. The highest BCUT2D eigenvalue weighted by Gasteiger charge is 2.27. The van der Waals surface area contributed by atoms with Crippen molar-refractivity contribution in [2.75, 3.05) is 31.6 Å². The normalized spacial score (nSPS) is 17.8. The second kappa shape index (κ2) is 10.9. The lowest BCUT2D eigenvalue weighted by Gasteiger charge is -2.32. The maximum absolute atomic E-state index is 12.4. The summed E-state index contributed by atoms with van der Waals surface area (Å²) in [5.41, 5.74) is 3.47. The van der Waals surface area contributed by atoms with Gasteiger partial charge in [-0.05, 0) is 43.9 Å². The average molecular weight is 496 g/mol. The van der Waals surface area contributed by atoms with Crippen LogP contribution in [0.15, 0.2) is 10.7 Å². The molecule has 2 saturated heterocycles. The van der Waals surface area contributed by atoms with Crippen molar-refractivity contribution in [1.82, 2.24) is 30.2 Å². The third kappa shape index (κ3) is 5.38. The van der Waals surface area contributed by atoms with Gasteiger partial charge in [-0.25, -0.2) is 4.98 Å². The van der Waals surface area contributed by atoms with Crippen LogP contribution in [0.1, 0.15) is 64.4 Å². The van der Waals surface area contributed by atoms with E-state index in [1.54, 1.807) is 6.20 Å². The molecule has 0 spiro atoms. The first kappa shape index (κ1) is 24.7. The number of nitrogens with zero attached hydrogens (tertiary/aromatic N) is 5. The number of H-pyrrole nitrogens is 1. The summed E-state index contributed by atoms with van der Waals surface area (Å²) in [6.45, 7) is 9.37. The van der Waals surface area contributed by atoms with Crippen LogP contribution < -0.4 is 5.32 Å². The molecule has 2 fully saturated rings. The van der Waals surface area contributed by atoms with Crippen molar-refractivity contribution < 1.29 is 14.1 Å². The van der Waals surface area contributed by atoms with Gasteiger partial charge in [0.15, 0.2) is 11.5 Å². The Bertz CT molecular complexity index is 1170. The van der Waals surface area contributed by atoms with Gasteiger partial charge in [0.05, 0.1) is 28.5 Å². The predicted octanol–water partition coefficient (Wildman–Crippen LogP) is 3.99. The zero-order valence-corrected chi connectivity index (χ0v) is 21.5.